The first-order chi connectivity index (χ1) is 25.0. The number of amides is 2. The number of aliphatic hydroxyl groups is 1. The molecule has 52 heavy (non-hydrogen) atoms. The summed E-state index contributed by atoms with van der Waals surface area (Å²) in [7, 11) is -3.03. The summed E-state index contributed by atoms with van der Waals surface area (Å²) < 4.78 is 67.8. The number of nitrogens with zero attached hydrogens (tertiary/aromatic N) is 1. The van der Waals surface area contributed by atoms with Gasteiger partial charge in [0.15, 0.2) is 0 Å². The van der Waals surface area contributed by atoms with Crippen LogP contribution >= 0.6 is 11.3 Å². The quantitative estimate of drug-likeness (QED) is 0.149. The summed E-state index contributed by atoms with van der Waals surface area (Å²) in [6, 6.07) is 24.7. The Morgan fingerprint density at radius 1 is 1.00 bits per heavy atom. The van der Waals surface area contributed by atoms with Gasteiger partial charge in [-0.25, -0.2) is 22.0 Å². The second-order valence-corrected chi connectivity index (χ2v) is 16.2. The topological polar surface area (TPSA) is 134 Å². The first-order valence-corrected chi connectivity index (χ1v) is 19.3. The van der Waals surface area contributed by atoms with Crippen molar-refractivity contribution in [2.45, 2.75) is 61.2 Å². The molecule has 10 nitrogen and oxygen atoms in total. The molecule has 0 spiro atoms. The molecular formula is C38H41F2N3O7S2. The highest BCUT2D eigenvalue weighted by atomic mass is 32.2. The predicted molar refractivity (Wildman–Crippen MR) is 191 cm³/mol. The van der Waals surface area contributed by atoms with E-state index in [1.54, 1.807) is 24.3 Å². The molecule has 2 aliphatic rings. The van der Waals surface area contributed by atoms with Crippen molar-refractivity contribution in [1.82, 2.24) is 14.9 Å². The number of aliphatic hydroxyl groups excluding tert-OH is 1. The van der Waals surface area contributed by atoms with Crippen molar-refractivity contribution in [2.24, 2.45) is 5.92 Å². The summed E-state index contributed by atoms with van der Waals surface area (Å²) >= 11 is 1.19. The SMILES string of the molecule is COC(=O)NC(C(=O)NCc1ccc(C(CO)N(CC2CC(F)(F)C2)S(=O)(=O)c2ccc3c(c2)COCC3)s1)C(c1ccccc1)c1ccccc1. The maximum absolute atomic E-state index is 14.2. The lowest BCUT2D eigenvalue weighted by Gasteiger charge is -2.39. The third-order valence-electron chi connectivity index (χ3n) is 9.53. The van der Waals surface area contributed by atoms with Crippen molar-refractivity contribution < 1.29 is 41.4 Å². The summed E-state index contributed by atoms with van der Waals surface area (Å²) in [5.41, 5.74) is 3.33. The van der Waals surface area contributed by atoms with Gasteiger partial charge in [-0.1, -0.05) is 66.7 Å². The molecule has 0 radical (unpaired) electrons. The van der Waals surface area contributed by atoms with Crippen molar-refractivity contribution in [3.05, 3.63) is 123 Å². The highest BCUT2D eigenvalue weighted by Crippen LogP contribution is 2.45. The first kappa shape index (κ1) is 37.5. The van der Waals surface area contributed by atoms with Gasteiger partial charge >= 0.3 is 6.09 Å². The summed E-state index contributed by atoms with van der Waals surface area (Å²) in [6.07, 6.45) is -1.00. The van der Waals surface area contributed by atoms with Crippen LogP contribution in [0.3, 0.4) is 0 Å². The van der Waals surface area contributed by atoms with Crippen molar-refractivity contribution in [2.75, 3.05) is 26.9 Å². The molecular weight excluding hydrogens is 713 g/mol. The Morgan fingerprint density at radius 3 is 2.29 bits per heavy atom. The molecule has 14 heteroatoms. The lowest BCUT2D eigenvalue weighted by atomic mass is 9.81. The van der Waals surface area contributed by atoms with Gasteiger partial charge in [-0.05, 0) is 58.9 Å². The molecule has 1 aliphatic carbocycles. The van der Waals surface area contributed by atoms with Gasteiger partial charge in [-0.15, -0.1) is 11.3 Å². The maximum atomic E-state index is 14.2. The number of ether oxygens (including phenoxy) is 2. The zero-order valence-electron chi connectivity index (χ0n) is 28.5. The van der Waals surface area contributed by atoms with Crippen LogP contribution in [0.1, 0.15) is 56.8 Å². The number of benzene rings is 3. The third kappa shape index (κ3) is 8.53. The molecule has 276 valence electrons. The molecule has 3 N–H and O–H groups in total. The number of thiophene rings is 1. The lowest BCUT2D eigenvalue weighted by Crippen LogP contribution is -2.50. The minimum Gasteiger partial charge on any atom is -0.453 e. The number of hydrogen-bond donors (Lipinski definition) is 3. The molecule has 1 fully saturated rings. The van der Waals surface area contributed by atoms with Crippen LogP contribution in [0, 0.1) is 5.92 Å². The number of halogens is 2. The number of carbonyl (C=O) groups excluding carboxylic acids is 2. The molecule has 2 heterocycles. The lowest BCUT2D eigenvalue weighted by molar-refractivity contribution is -0.123. The highest BCUT2D eigenvalue weighted by molar-refractivity contribution is 7.89. The predicted octanol–water partition coefficient (Wildman–Crippen LogP) is 5.76. The van der Waals surface area contributed by atoms with Crippen LogP contribution < -0.4 is 10.6 Å². The van der Waals surface area contributed by atoms with Crippen molar-refractivity contribution in [1.29, 1.82) is 0 Å². The second-order valence-electron chi connectivity index (χ2n) is 13.1. The monoisotopic (exact) mass is 753 g/mol. The number of alkyl carbamates (subject to hydrolysis) is 1. The van der Waals surface area contributed by atoms with Crippen LogP contribution in [-0.2, 0) is 43.9 Å². The van der Waals surface area contributed by atoms with Crippen LogP contribution in [0.5, 0.6) is 0 Å². The average molecular weight is 754 g/mol. The van der Waals surface area contributed by atoms with Crippen molar-refractivity contribution in [3.8, 4) is 0 Å². The van der Waals surface area contributed by atoms with Gasteiger partial charge in [0.05, 0.1) is 44.4 Å². The summed E-state index contributed by atoms with van der Waals surface area (Å²) in [5, 5.41) is 16.3. The van der Waals surface area contributed by atoms with Gasteiger partial charge in [0.25, 0.3) is 0 Å². The number of alkyl halides is 2. The van der Waals surface area contributed by atoms with Crippen LogP contribution in [0.4, 0.5) is 13.6 Å². The third-order valence-corrected chi connectivity index (χ3v) is 12.6. The highest BCUT2D eigenvalue weighted by Gasteiger charge is 2.48. The van der Waals surface area contributed by atoms with Gasteiger partial charge in [0, 0.05) is 35.1 Å². The number of hydrogen-bond acceptors (Lipinski definition) is 8. The summed E-state index contributed by atoms with van der Waals surface area (Å²) in [4.78, 5) is 27.5. The van der Waals surface area contributed by atoms with Crippen molar-refractivity contribution in [3.63, 3.8) is 0 Å². The zero-order valence-corrected chi connectivity index (χ0v) is 30.2. The minimum atomic E-state index is -4.25. The maximum Gasteiger partial charge on any atom is 0.407 e. The molecule has 2 amide bonds. The van der Waals surface area contributed by atoms with E-state index in [0.717, 1.165) is 26.6 Å². The molecule has 2 unspecified atom stereocenters. The minimum absolute atomic E-state index is 0.000797. The number of methoxy groups -OCH3 is 1. The molecule has 1 aromatic heterocycles. The Morgan fingerprint density at radius 2 is 1.67 bits per heavy atom. The number of rotatable bonds is 14. The van der Waals surface area contributed by atoms with Crippen molar-refractivity contribution >= 4 is 33.4 Å². The van der Waals surface area contributed by atoms with E-state index in [1.165, 1.54) is 24.5 Å². The number of sulfonamides is 1. The number of nitrogens with one attached hydrogen (secondary N) is 2. The smallest absolute Gasteiger partial charge is 0.407 e. The van der Waals surface area contributed by atoms with E-state index in [0.29, 0.717) is 22.8 Å². The van der Waals surface area contributed by atoms with E-state index in [2.05, 4.69) is 10.6 Å². The largest absolute Gasteiger partial charge is 0.453 e. The average Bonchev–Trinajstić information content (AvgIpc) is 3.62. The van der Waals surface area contributed by atoms with Gasteiger partial charge in [0.1, 0.15) is 6.04 Å². The van der Waals surface area contributed by atoms with E-state index in [1.807, 2.05) is 60.7 Å². The molecule has 0 saturated heterocycles. The van der Waals surface area contributed by atoms with Gasteiger partial charge in [0.2, 0.25) is 21.9 Å². The van der Waals surface area contributed by atoms with Gasteiger partial charge < -0.3 is 25.2 Å². The Bertz CT molecular complexity index is 1910. The van der Waals surface area contributed by atoms with Crippen LogP contribution in [0.2, 0.25) is 0 Å². The molecule has 0 bridgehead atoms. The standard InChI is InChI=1S/C38H41F2N3O7S2/c1-49-37(46)42-35(34(27-8-4-2-5-9-27)28-10-6-3-7-11-28)36(45)41-21-30-13-15-33(51-30)32(23-44)43(22-25-19-38(39,40)20-25)52(47,48)31-14-12-26-16-17-50-24-29(26)18-31/h2-15,18,25,32,34-35,44H,16-17,19-24H2,1H3,(H,41,45)(H,42,46). The fraction of sp³-hybridized carbons (Fsp3) is 0.368. The van der Waals surface area contributed by atoms with E-state index in [-0.39, 0.29) is 24.6 Å². The summed E-state index contributed by atoms with van der Waals surface area (Å²) in [5.74, 6) is -4.48. The molecule has 6 rings (SSSR count). The second kappa shape index (κ2) is 16.2. The molecule has 1 aliphatic heterocycles. The normalized spacial score (nSPS) is 16.8. The van der Waals surface area contributed by atoms with Gasteiger partial charge in [-0.2, -0.15) is 4.31 Å². The van der Waals surface area contributed by atoms with Crippen LogP contribution in [0.25, 0.3) is 0 Å². The van der Waals surface area contributed by atoms with E-state index in [4.69, 9.17) is 9.47 Å². The van der Waals surface area contributed by atoms with E-state index < -0.39 is 71.3 Å². The Hall–Kier alpha value is -4.21. The first-order valence-electron chi connectivity index (χ1n) is 17.0. The molecule has 1 saturated carbocycles. The molecule has 2 atom stereocenters. The van der Waals surface area contributed by atoms with Crippen LogP contribution in [0.15, 0.2) is 95.9 Å². The summed E-state index contributed by atoms with van der Waals surface area (Å²) in [6.45, 7) is 0.0533. The Balaban J connectivity index is 1.24. The molecule has 4 aromatic rings. The zero-order chi connectivity index (χ0) is 36.9. The Kier molecular flexibility index (Phi) is 11.7. The van der Waals surface area contributed by atoms with Crippen LogP contribution in [-0.4, -0.2) is 68.7 Å². The Labute approximate surface area is 305 Å². The fourth-order valence-electron chi connectivity index (χ4n) is 6.86. The fourth-order valence-corrected chi connectivity index (χ4v) is 9.71. The number of carbonyl (C=O) groups is 2. The molecule has 3 aromatic carbocycles. The van der Waals surface area contributed by atoms with E-state index in [9.17, 15) is 31.9 Å². The van der Waals surface area contributed by atoms with E-state index >= 15 is 0 Å². The number of fused-ring (bicyclic) bond motifs is 1. The van der Waals surface area contributed by atoms with Gasteiger partial charge in [-0.3, -0.25) is 4.79 Å².